The van der Waals surface area contributed by atoms with Gasteiger partial charge in [-0.15, -0.1) is 0 Å². The summed E-state index contributed by atoms with van der Waals surface area (Å²) < 4.78 is 0. The molecule has 0 bridgehead atoms. The number of piperidine rings is 1. The van der Waals surface area contributed by atoms with Crippen LogP contribution in [0.4, 0.5) is 5.69 Å². The standard InChI is InChI=1S/C13H20N2O/c1-11-5-6-13(12(9-11)10-16-14)15-7-3-2-4-8-15/h5-6,9H,2-4,7-8,10,14H2,1H3. The Morgan fingerprint density at radius 2 is 2.00 bits per heavy atom. The SMILES string of the molecule is Cc1ccc(N2CCCCC2)c(CON)c1. The van der Waals surface area contributed by atoms with Gasteiger partial charge < -0.3 is 4.90 Å². The maximum absolute atomic E-state index is 5.19. The third-order valence-electron chi connectivity index (χ3n) is 3.17. The van der Waals surface area contributed by atoms with Crippen molar-refractivity contribution in [3.8, 4) is 0 Å². The van der Waals surface area contributed by atoms with Gasteiger partial charge in [0.05, 0.1) is 6.61 Å². The molecule has 3 nitrogen and oxygen atoms in total. The van der Waals surface area contributed by atoms with Crippen LogP contribution in [-0.2, 0) is 11.4 Å². The van der Waals surface area contributed by atoms with Gasteiger partial charge in [0, 0.05) is 24.3 Å². The number of nitrogens with zero attached hydrogens (tertiary/aromatic N) is 1. The van der Waals surface area contributed by atoms with Crippen molar-refractivity contribution in [3.05, 3.63) is 29.3 Å². The molecule has 2 N–H and O–H groups in total. The summed E-state index contributed by atoms with van der Waals surface area (Å²) in [5.74, 6) is 5.19. The quantitative estimate of drug-likeness (QED) is 0.795. The first-order valence-corrected chi connectivity index (χ1v) is 5.97. The van der Waals surface area contributed by atoms with E-state index in [9.17, 15) is 0 Å². The molecule has 0 radical (unpaired) electrons. The van der Waals surface area contributed by atoms with Crippen LogP contribution in [0.5, 0.6) is 0 Å². The van der Waals surface area contributed by atoms with Crippen molar-refractivity contribution >= 4 is 5.69 Å². The Balaban J connectivity index is 2.23. The highest BCUT2D eigenvalue weighted by Gasteiger charge is 2.14. The molecule has 0 spiro atoms. The van der Waals surface area contributed by atoms with Crippen molar-refractivity contribution in [3.63, 3.8) is 0 Å². The smallest absolute Gasteiger partial charge is 0.0950 e. The number of anilines is 1. The van der Waals surface area contributed by atoms with Crippen LogP contribution in [0.15, 0.2) is 18.2 Å². The van der Waals surface area contributed by atoms with Crippen LogP contribution in [0.25, 0.3) is 0 Å². The molecule has 1 saturated heterocycles. The molecule has 1 aromatic carbocycles. The van der Waals surface area contributed by atoms with Crippen LogP contribution >= 0.6 is 0 Å². The van der Waals surface area contributed by atoms with Crippen molar-refractivity contribution in [1.29, 1.82) is 0 Å². The first-order valence-electron chi connectivity index (χ1n) is 5.97. The average molecular weight is 220 g/mol. The number of aryl methyl sites for hydroxylation is 1. The Bertz CT molecular complexity index is 346. The minimum atomic E-state index is 0.494. The second kappa shape index (κ2) is 5.32. The van der Waals surface area contributed by atoms with Crippen LogP contribution < -0.4 is 10.8 Å². The Morgan fingerprint density at radius 1 is 1.25 bits per heavy atom. The van der Waals surface area contributed by atoms with Crippen molar-refractivity contribution in [2.45, 2.75) is 32.8 Å². The molecule has 0 aliphatic carbocycles. The first kappa shape index (κ1) is 11.4. The van der Waals surface area contributed by atoms with E-state index in [0.717, 1.165) is 13.1 Å². The Labute approximate surface area is 97.1 Å². The fourth-order valence-corrected chi connectivity index (χ4v) is 2.36. The van der Waals surface area contributed by atoms with E-state index in [2.05, 4.69) is 30.0 Å². The first-order chi connectivity index (χ1) is 7.81. The summed E-state index contributed by atoms with van der Waals surface area (Å²) in [7, 11) is 0. The van der Waals surface area contributed by atoms with Crippen LogP contribution in [0.1, 0.15) is 30.4 Å². The minimum Gasteiger partial charge on any atom is -0.371 e. The molecule has 88 valence electrons. The van der Waals surface area contributed by atoms with Gasteiger partial charge in [0.25, 0.3) is 0 Å². The Kier molecular flexibility index (Phi) is 3.80. The number of rotatable bonds is 3. The van der Waals surface area contributed by atoms with Gasteiger partial charge in [-0.1, -0.05) is 17.7 Å². The highest BCUT2D eigenvalue weighted by atomic mass is 16.6. The van der Waals surface area contributed by atoms with E-state index >= 15 is 0 Å². The molecule has 0 amide bonds. The lowest BCUT2D eigenvalue weighted by atomic mass is 10.1. The Morgan fingerprint density at radius 3 is 2.69 bits per heavy atom. The van der Waals surface area contributed by atoms with Gasteiger partial charge >= 0.3 is 0 Å². The molecule has 16 heavy (non-hydrogen) atoms. The summed E-state index contributed by atoms with van der Waals surface area (Å²) >= 11 is 0. The lowest BCUT2D eigenvalue weighted by molar-refractivity contribution is 0.124. The number of hydrogen-bond donors (Lipinski definition) is 1. The molecule has 1 aliphatic heterocycles. The zero-order valence-corrected chi connectivity index (χ0v) is 9.91. The Hall–Kier alpha value is -1.06. The fraction of sp³-hybridized carbons (Fsp3) is 0.538. The van der Waals surface area contributed by atoms with E-state index in [1.165, 1.54) is 36.1 Å². The summed E-state index contributed by atoms with van der Waals surface area (Å²) in [5.41, 5.74) is 3.74. The predicted molar refractivity (Wildman–Crippen MR) is 66.2 cm³/mol. The summed E-state index contributed by atoms with van der Waals surface area (Å²) in [6.45, 7) is 4.90. The number of hydrogen-bond acceptors (Lipinski definition) is 3. The minimum absolute atomic E-state index is 0.494. The van der Waals surface area contributed by atoms with Crippen molar-refractivity contribution in [2.24, 2.45) is 5.90 Å². The molecular weight excluding hydrogens is 200 g/mol. The van der Waals surface area contributed by atoms with Crippen LogP contribution in [-0.4, -0.2) is 13.1 Å². The topological polar surface area (TPSA) is 38.5 Å². The van der Waals surface area contributed by atoms with Gasteiger partial charge in [-0.3, -0.25) is 4.84 Å². The highest BCUT2D eigenvalue weighted by molar-refractivity contribution is 5.55. The second-order valence-electron chi connectivity index (χ2n) is 4.49. The van der Waals surface area contributed by atoms with Crippen molar-refractivity contribution in [1.82, 2.24) is 0 Å². The third kappa shape index (κ3) is 2.54. The van der Waals surface area contributed by atoms with Crippen molar-refractivity contribution < 1.29 is 4.84 Å². The molecule has 0 atom stereocenters. The van der Waals surface area contributed by atoms with Gasteiger partial charge in [0.1, 0.15) is 0 Å². The largest absolute Gasteiger partial charge is 0.371 e. The summed E-state index contributed by atoms with van der Waals surface area (Å²) in [5, 5.41) is 0. The fourth-order valence-electron chi connectivity index (χ4n) is 2.36. The third-order valence-corrected chi connectivity index (χ3v) is 3.17. The van der Waals surface area contributed by atoms with Gasteiger partial charge in [-0.2, -0.15) is 0 Å². The molecule has 1 heterocycles. The van der Waals surface area contributed by atoms with Crippen LogP contribution in [0.2, 0.25) is 0 Å². The molecule has 0 aromatic heterocycles. The van der Waals surface area contributed by atoms with Gasteiger partial charge in [-0.25, -0.2) is 5.90 Å². The second-order valence-corrected chi connectivity index (χ2v) is 4.49. The zero-order chi connectivity index (χ0) is 11.4. The molecule has 2 rings (SSSR count). The van der Waals surface area contributed by atoms with E-state index in [1.807, 2.05) is 0 Å². The van der Waals surface area contributed by atoms with E-state index < -0.39 is 0 Å². The van der Waals surface area contributed by atoms with Crippen LogP contribution in [0, 0.1) is 6.92 Å². The number of benzene rings is 1. The number of nitrogens with two attached hydrogens (primary N) is 1. The molecule has 1 aliphatic rings. The van der Waals surface area contributed by atoms with Gasteiger partial charge in [-0.05, 0) is 32.3 Å². The molecule has 1 fully saturated rings. The van der Waals surface area contributed by atoms with Crippen LogP contribution in [0.3, 0.4) is 0 Å². The molecule has 0 saturated carbocycles. The normalized spacial score (nSPS) is 16.5. The molecular formula is C13H20N2O. The monoisotopic (exact) mass is 220 g/mol. The zero-order valence-electron chi connectivity index (χ0n) is 9.91. The summed E-state index contributed by atoms with van der Waals surface area (Å²) in [4.78, 5) is 7.23. The van der Waals surface area contributed by atoms with E-state index in [0.29, 0.717) is 6.61 Å². The summed E-state index contributed by atoms with van der Waals surface area (Å²) in [6.07, 6.45) is 3.93. The molecule has 3 heteroatoms. The maximum atomic E-state index is 5.19. The van der Waals surface area contributed by atoms with Crippen molar-refractivity contribution in [2.75, 3.05) is 18.0 Å². The molecule has 0 unspecified atom stereocenters. The predicted octanol–water partition coefficient (Wildman–Crippen LogP) is 2.38. The molecule has 1 aromatic rings. The van der Waals surface area contributed by atoms with Gasteiger partial charge in [0.15, 0.2) is 0 Å². The maximum Gasteiger partial charge on any atom is 0.0950 e. The average Bonchev–Trinajstić information content (AvgIpc) is 2.31. The van der Waals surface area contributed by atoms with E-state index in [1.54, 1.807) is 0 Å². The highest BCUT2D eigenvalue weighted by Crippen LogP contribution is 2.25. The summed E-state index contributed by atoms with van der Waals surface area (Å²) in [6, 6.07) is 6.51. The van der Waals surface area contributed by atoms with Gasteiger partial charge in [0.2, 0.25) is 0 Å². The lowest BCUT2D eigenvalue weighted by Gasteiger charge is -2.30. The lowest BCUT2D eigenvalue weighted by Crippen LogP contribution is -2.30. The van der Waals surface area contributed by atoms with E-state index in [-0.39, 0.29) is 0 Å². The van der Waals surface area contributed by atoms with E-state index in [4.69, 9.17) is 10.7 Å².